The van der Waals surface area contributed by atoms with Gasteiger partial charge < -0.3 is 19.7 Å². The van der Waals surface area contributed by atoms with Crippen molar-refractivity contribution >= 4 is 5.91 Å². The molecule has 3 aliphatic rings. The van der Waals surface area contributed by atoms with E-state index in [1.807, 2.05) is 6.07 Å². The first-order valence-electron chi connectivity index (χ1n) is 11.7. The fourth-order valence-electron chi connectivity index (χ4n) is 5.05. The van der Waals surface area contributed by atoms with Gasteiger partial charge in [0, 0.05) is 19.0 Å². The molecular weight excluding hydrogens is 364 g/mol. The molecule has 4 rings (SSSR count). The molecule has 1 amide bonds. The number of likely N-dealkylation sites (tertiary alicyclic amines) is 1. The Morgan fingerprint density at radius 1 is 1.03 bits per heavy atom. The second-order valence-corrected chi connectivity index (χ2v) is 9.00. The number of fused-ring (bicyclic) bond motifs is 1. The van der Waals surface area contributed by atoms with Gasteiger partial charge in [0.05, 0.1) is 0 Å². The largest absolute Gasteiger partial charge is 0.486 e. The summed E-state index contributed by atoms with van der Waals surface area (Å²) in [5.74, 6) is 2.63. The van der Waals surface area contributed by atoms with Crippen LogP contribution >= 0.6 is 0 Å². The van der Waals surface area contributed by atoms with Crippen molar-refractivity contribution in [1.82, 2.24) is 10.2 Å². The predicted octanol–water partition coefficient (Wildman–Crippen LogP) is 3.94. The summed E-state index contributed by atoms with van der Waals surface area (Å²) in [6.45, 7) is 4.45. The van der Waals surface area contributed by atoms with E-state index >= 15 is 0 Å². The molecule has 2 aliphatic heterocycles. The Hall–Kier alpha value is -1.75. The van der Waals surface area contributed by atoms with Gasteiger partial charge in [0.25, 0.3) is 0 Å². The first kappa shape index (κ1) is 20.5. The van der Waals surface area contributed by atoms with Gasteiger partial charge in [-0.15, -0.1) is 0 Å². The zero-order chi connectivity index (χ0) is 19.9. The number of carbonyl (C=O) groups excluding carboxylic acids is 1. The maximum Gasteiger partial charge on any atom is 0.220 e. The molecule has 0 radical (unpaired) electrons. The summed E-state index contributed by atoms with van der Waals surface area (Å²) in [5.41, 5.74) is 1.20. The summed E-state index contributed by atoms with van der Waals surface area (Å²) >= 11 is 0. The molecule has 5 nitrogen and oxygen atoms in total. The van der Waals surface area contributed by atoms with Crippen molar-refractivity contribution < 1.29 is 14.3 Å². The fraction of sp³-hybridized carbons (Fsp3) is 0.708. The summed E-state index contributed by atoms with van der Waals surface area (Å²) in [6.07, 6.45) is 11.8. The van der Waals surface area contributed by atoms with E-state index in [1.165, 1.54) is 50.5 Å². The van der Waals surface area contributed by atoms with Crippen LogP contribution in [0.1, 0.15) is 63.4 Å². The van der Waals surface area contributed by atoms with Crippen LogP contribution in [0, 0.1) is 5.92 Å². The van der Waals surface area contributed by atoms with Gasteiger partial charge >= 0.3 is 0 Å². The van der Waals surface area contributed by atoms with Gasteiger partial charge in [-0.05, 0) is 62.4 Å². The monoisotopic (exact) mass is 400 g/mol. The van der Waals surface area contributed by atoms with E-state index in [0.717, 1.165) is 49.9 Å². The Morgan fingerprint density at radius 3 is 2.59 bits per heavy atom. The van der Waals surface area contributed by atoms with Crippen molar-refractivity contribution in [3.8, 4) is 11.5 Å². The second kappa shape index (κ2) is 10.3. The Morgan fingerprint density at radius 2 is 1.79 bits per heavy atom. The highest BCUT2D eigenvalue weighted by molar-refractivity contribution is 5.76. The zero-order valence-corrected chi connectivity index (χ0v) is 17.7. The van der Waals surface area contributed by atoms with Crippen LogP contribution in [0.4, 0.5) is 0 Å². The normalized spacial score (nSPS) is 21.1. The van der Waals surface area contributed by atoms with Crippen LogP contribution in [-0.2, 0) is 11.2 Å². The third kappa shape index (κ3) is 6.11. The number of rotatable bonds is 8. The van der Waals surface area contributed by atoms with Crippen molar-refractivity contribution in [2.24, 2.45) is 5.92 Å². The van der Waals surface area contributed by atoms with Crippen molar-refractivity contribution in [3.05, 3.63) is 23.8 Å². The molecule has 1 N–H and O–H groups in total. The molecule has 1 saturated heterocycles. The summed E-state index contributed by atoms with van der Waals surface area (Å²) in [7, 11) is 0. The number of benzene rings is 1. The van der Waals surface area contributed by atoms with E-state index in [0.29, 0.717) is 19.6 Å². The van der Waals surface area contributed by atoms with Crippen LogP contribution in [0.3, 0.4) is 0 Å². The Labute approximate surface area is 175 Å². The molecule has 5 heteroatoms. The first-order valence-corrected chi connectivity index (χ1v) is 11.7. The fourth-order valence-corrected chi connectivity index (χ4v) is 5.05. The molecule has 1 saturated carbocycles. The van der Waals surface area contributed by atoms with Crippen molar-refractivity contribution in [2.45, 2.75) is 70.3 Å². The lowest BCUT2D eigenvalue weighted by Crippen LogP contribution is -2.44. The maximum absolute atomic E-state index is 12.7. The van der Waals surface area contributed by atoms with E-state index in [4.69, 9.17) is 9.47 Å². The molecule has 0 aromatic heterocycles. The molecule has 1 atom stereocenters. The minimum absolute atomic E-state index is 0.148. The Balaban J connectivity index is 1.34. The molecule has 0 spiro atoms. The third-order valence-corrected chi connectivity index (χ3v) is 6.64. The first-order chi connectivity index (χ1) is 14.3. The average molecular weight is 401 g/mol. The van der Waals surface area contributed by atoms with Gasteiger partial charge in [0.15, 0.2) is 11.5 Å². The molecule has 29 heavy (non-hydrogen) atoms. The van der Waals surface area contributed by atoms with Crippen molar-refractivity contribution in [1.29, 1.82) is 0 Å². The van der Waals surface area contributed by atoms with Gasteiger partial charge in [0.2, 0.25) is 5.91 Å². The molecule has 1 aliphatic carbocycles. The number of amides is 1. The van der Waals surface area contributed by atoms with Crippen molar-refractivity contribution in [2.75, 3.05) is 32.8 Å². The van der Waals surface area contributed by atoms with Crippen LogP contribution in [-0.4, -0.2) is 49.7 Å². The van der Waals surface area contributed by atoms with E-state index in [1.54, 1.807) is 0 Å². The lowest BCUT2D eigenvalue weighted by Gasteiger charge is -2.26. The minimum atomic E-state index is 0.148. The Bertz CT molecular complexity index is 666. The molecule has 0 bridgehead atoms. The highest BCUT2D eigenvalue weighted by Gasteiger charge is 2.22. The van der Waals surface area contributed by atoms with Gasteiger partial charge in [-0.1, -0.05) is 38.2 Å². The minimum Gasteiger partial charge on any atom is -0.486 e. The number of carbonyl (C=O) groups is 1. The van der Waals surface area contributed by atoms with Gasteiger partial charge in [0.1, 0.15) is 13.2 Å². The average Bonchev–Trinajstić information content (AvgIpc) is 3.26. The predicted molar refractivity (Wildman–Crippen MR) is 115 cm³/mol. The van der Waals surface area contributed by atoms with Crippen molar-refractivity contribution in [3.63, 3.8) is 0 Å². The number of nitrogens with zero attached hydrogens (tertiary/aromatic N) is 1. The number of hydrogen-bond acceptors (Lipinski definition) is 4. The van der Waals surface area contributed by atoms with Crippen LogP contribution in [0.15, 0.2) is 18.2 Å². The van der Waals surface area contributed by atoms with E-state index in [2.05, 4.69) is 22.3 Å². The van der Waals surface area contributed by atoms with Crippen LogP contribution in [0.2, 0.25) is 0 Å². The van der Waals surface area contributed by atoms with E-state index in [9.17, 15) is 4.79 Å². The Kier molecular flexibility index (Phi) is 7.31. The quantitative estimate of drug-likeness (QED) is 0.718. The number of hydrogen-bond donors (Lipinski definition) is 1. The van der Waals surface area contributed by atoms with Crippen LogP contribution in [0.5, 0.6) is 11.5 Å². The van der Waals surface area contributed by atoms with E-state index in [-0.39, 0.29) is 11.9 Å². The molecule has 160 valence electrons. The van der Waals surface area contributed by atoms with Crippen LogP contribution < -0.4 is 14.8 Å². The molecule has 2 heterocycles. The zero-order valence-electron chi connectivity index (χ0n) is 17.7. The smallest absolute Gasteiger partial charge is 0.220 e. The molecule has 2 fully saturated rings. The highest BCUT2D eigenvalue weighted by atomic mass is 16.6. The summed E-state index contributed by atoms with van der Waals surface area (Å²) in [6, 6.07) is 6.34. The lowest BCUT2D eigenvalue weighted by atomic mass is 9.86. The topological polar surface area (TPSA) is 50.8 Å². The van der Waals surface area contributed by atoms with Gasteiger partial charge in [-0.3, -0.25) is 4.79 Å². The van der Waals surface area contributed by atoms with Gasteiger partial charge in [-0.2, -0.15) is 0 Å². The number of ether oxygens (including phenoxy) is 2. The molecular formula is C24H36N2O3. The van der Waals surface area contributed by atoms with Gasteiger partial charge in [-0.25, -0.2) is 0 Å². The summed E-state index contributed by atoms with van der Waals surface area (Å²) < 4.78 is 11.4. The maximum atomic E-state index is 12.7. The summed E-state index contributed by atoms with van der Waals surface area (Å²) in [5, 5.41) is 3.36. The third-order valence-electron chi connectivity index (χ3n) is 6.64. The second-order valence-electron chi connectivity index (χ2n) is 9.00. The molecule has 1 aromatic rings. The SMILES string of the molecule is O=C(CCC1CCCCC1)N[C@@H](Cc1ccc2c(c1)OCCO2)CN1CCCC1. The lowest BCUT2D eigenvalue weighted by molar-refractivity contribution is -0.122. The standard InChI is InChI=1S/C24H36N2O3/c27-24(11-9-19-6-2-1-3-7-19)25-21(18-26-12-4-5-13-26)16-20-8-10-22-23(17-20)29-15-14-28-22/h8,10,17,19,21H,1-7,9,11-16,18H2,(H,25,27)/t21-/m0/s1. The van der Waals surface area contributed by atoms with E-state index < -0.39 is 0 Å². The number of nitrogens with one attached hydrogen (secondary N) is 1. The highest BCUT2D eigenvalue weighted by Crippen LogP contribution is 2.31. The van der Waals surface area contributed by atoms with Crippen LogP contribution in [0.25, 0.3) is 0 Å². The molecule has 0 unspecified atom stereocenters. The molecule has 1 aromatic carbocycles. The summed E-state index contributed by atoms with van der Waals surface area (Å²) in [4.78, 5) is 15.2.